The van der Waals surface area contributed by atoms with Crippen molar-refractivity contribution in [2.24, 2.45) is 5.92 Å². The van der Waals surface area contributed by atoms with E-state index in [0.29, 0.717) is 6.61 Å². The molecule has 0 fully saturated rings. The van der Waals surface area contributed by atoms with E-state index in [1.807, 2.05) is 0 Å². The van der Waals surface area contributed by atoms with Crippen molar-refractivity contribution in [2.45, 2.75) is 266 Å². The monoisotopic (exact) mass is 707 g/mol. The molecule has 0 aliphatic heterocycles. The first kappa shape index (κ1) is 53.8. The maximum Gasteiger partial charge on any atom is 0.0465 e. The fourth-order valence-electron chi connectivity index (χ4n) is 6.74. The number of rotatable bonds is 37. The zero-order valence-corrected chi connectivity index (χ0v) is 35.9. The summed E-state index contributed by atoms with van der Waals surface area (Å²) < 4.78 is 0. The van der Waals surface area contributed by atoms with Crippen molar-refractivity contribution in [3.8, 4) is 0 Å². The highest BCUT2D eigenvalue weighted by Gasteiger charge is 2.04. The van der Waals surface area contributed by atoms with E-state index >= 15 is 0 Å². The Balaban J connectivity index is -0.000000694. The summed E-state index contributed by atoms with van der Waals surface area (Å²) in [6.07, 6.45) is 54.1. The van der Waals surface area contributed by atoms with Gasteiger partial charge in [0.1, 0.15) is 0 Å². The van der Waals surface area contributed by atoms with Gasteiger partial charge in [0.15, 0.2) is 0 Å². The number of aliphatic hydroxyl groups excluding tert-OH is 2. The van der Waals surface area contributed by atoms with Crippen LogP contribution >= 0.6 is 0 Å². The molecule has 0 heterocycles. The lowest BCUT2D eigenvalue weighted by Gasteiger charge is -2.12. The molecule has 0 amide bonds. The van der Waals surface area contributed by atoms with Crippen LogP contribution < -0.4 is 0 Å². The summed E-state index contributed by atoms with van der Waals surface area (Å²) in [4.78, 5) is 0. The van der Waals surface area contributed by atoms with Crippen molar-refractivity contribution < 1.29 is 10.2 Å². The van der Waals surface area contributed by atoms with Crippen LogP contribution in [-0.4, -0.2) is 23.4 Å². The standard InChI is InChI=1S/C20H40O.C18H38.C10H20O/c1-3-5-7-9-11-13-16-20(18-15-19-21)17-14-12-10-8-6-4-2;1-4-7-8-9-10-11-12-13-14-15-17-18(6-3)16-5-2;1-2-3-4-5-6-7-8-9-10-11/h18,21H,3-17,19H2,1-2H3;18H,4-17H2,1-3H3;7-8,11H,2-6,9-10H2,1H3. The van der Waals surface area contributed by atoms with Crippen LogP contribution in [0.4, 0.5) is 0 Å². The molecule has 0 rings (SSSR count). The van der Waals surface area contributed by atoms with Crippen LogP contribution in [0.1, 0.15) is 266 Å². The number of unbranched alkanes of at least 4 members (excludes halogenated alkanes) is 23. The van der Waals surface area contributed by atoms with Gasteiger partial charge < -0.3 is 10.2 Å². The molecule has 0 bridgehead atoms. The lowest BCUT2D eigenvalue weighted by atomic mass is 9.94. The minimum absolute atomic E-state index is 0.283. The molecule has 0 saturated carbocycles. The molecule has 0 radical (unpaired) electrons. The van der Waals surface area contributed by atoms with Gasteiger partial charge in [-0.25, -0.2) is 0 Å². The molecular formula is C48H98O2. The first-order chi connectivity index (χ1) is 24.6. The summed E-state index contributed by atoms with van der Waals surface area (Å²) >= 11 is 0. The largest absolute Gasteiger partial charge is 0.396 e. The van der Waals surface area contributed by atoms with Crippen LogP contribution in [-0.2, 0) is 0 Å². The van der Waals surface area contributed by atoms with Crippen molar-refractivity contribution in [3.05, 3.63) is 23.8 Å². The Bertz CT molecular complexity index is 591. The van der Waals surface area contributed by atoms with Crippen molar-refractivity contribution >= 4 is 0 Å². The molecule has 302 valence electrons. The van der Waals surface area contributed by atoms with Gasteiger partial charge in [-0.2, -0.15) is 0 Å². The first-order valence-corrected chi connectivity index (χ1v) is 23.2. The van der Waals surface area contributed by atoms with Crippen molar-refractivity contribution in [1.82, 2.24) is 0 Å². The van der Waals surface area contributed by atoms with E-state index in [2.05, 4.69) is 59.8 Å². The fraction of sp³-hybridized carbons (Fsp3) is 0.917. The number of allylic oxidation sites excluding steroid dienone is 2. The van der Waals surface area contributed by atoms with Gasteiger partial charge in [-0.05, 0) is 57.3 Å². The summed E-state index contributed by atoms with van der Waals surface area (Å²) in [7, 11) is 0. The normalized spacial score (nSPS) is 11.6. The Kier molecular flexibility index (Phi) is 56.7. The molecule has 0 aliphatic rings. The lowest BCUT2D eigenvalue weighted by Crippen LogP contribution is -1.97. The van der Waals surface area contributed by atoms with E-state index < -0.39 is 0 Å². The topological polar surface area (TPSA) is 40.5 Å². The molecule has 2 N–H and O–H groups in total. The summed E-state index contributed by atoms with van der Waals surface area (Å²) in [5, 5.41) is 17.5. The average Bonchev–Trinajstić information content (AvgIpc) is 3.13. The van der Waals surface area contributed by atoms with E-state index in [4.69, 9.17) is 10.2 Å². The van der Waals surface area contributed by atoms with Gasteiger partial charge in [0, 0.05) is 13.2 Å². The van der Waals surface area contributed by atoms with Crippen LogP contribution in [0.5, 0.6) is 0 Å². The summed E-state index contributed by atoms with van der Waals surface area (Å²) in [6, 6.07) is 0. The summed E-state index contributed by atoms with van der Waals surface area (Å²) in [5.74, 6) is 1.02. The van der Waals surface area contributed by atoms with Crippen molar-refractivity contribution in [3.63, 3.8) is 0 Å². The van der Waals surface area contributed by atoms with Crippen LogP contribution in [0.25, 0.3) is 0 Å². The summed E-state index contributed by atoms with van der Waals surface area (Å²) in [6.45, 7) is 14.3. The Labute approximate surface area is 318 Å². The minimum atomic E-state index is 0.283. The second-order valence-electron chi connectivity index (χ2n) is 15.3. The third-order valence-electron chi connectivity index (χ3n) is 10.2. The Hall–Kier alpha value is -0.600. The molecule has 0 spiro atoms. The van der Waals surface area contributed by atoms with Gasteiger partial charge in [-0.15, -0.1) is 0 Å². The van der Waals surface area contributed by atoms with Gasteiger partial charge in [0.2, 0.25) is 0 Å². The van der Waals surface area contributed by atoms with Crippen LogP contribution in [0, 0.1) is 5.92 Å². The first-order valence-electron chi connectivity index (χ1n) is 23.2. The van der Waals surface area contributed by atoms with Gasteiger partial charge in [-0.1, -0.05) is 239 Å². The second kappa shape index (κ2) is 52.8. The van der Waals surface area contributed by atoms with Crippen LogP contribution in [0.3, 0.4) is 0 Å². The molecule has 0 saturated heterocycles. The highest BCUT2D eigenvalue weighted by Crippen LogP contribution is 2.21. The average molecular weight is 707 g/mol. The SMILES string of the molecule is CCCCCCC=CCCO.CCCCCCCCC(=CCCO)CCCCCCCC.CCCCCCCCCCCCC(CC)CCC. The van der Waals surface area contributed by atoms with Crippen molar-refractivity contribution in [2.75, 3.05) is 13.2 Å². The van der Waals surface area contributed by atoms with Gasteiger partial charge in [0.25, 0.3) is 0 Å². The van der Waals surface area contributed by atoms with E-state index in [9.17, 15) is 0 Å². The smallest absolute Gasteiger partial charge is 0.0465 e. The third-order valence-corrected chi connectivity index (χ3v) is 10.2. The van der Waals surface area contributed by atoms with Crippen LogP contribution in [0.15, 0.2) is 23.8 Å². The zero-order chi connectivity index (χ0) is 37.4. The van der Waals surface area contributed by atoms with E-state index in [1.165, 1.54) is 212 Å². The number of hydrogen-bond acceptors (Lipinski definition) is 2. The number of aliphatic hydroxyl groups is 2. The Morgan fingerprint density at radius 2 is 0.760 bits per heavy atom. The number of hydrogen-bond donors (Lipinski definition) is 2. The second-order valence-corrected chi connectivity index (χ2v) is 15.3. The van der Waals surface area contributed by atoms with Crippen molar-refractivity contribution in [1.29, 1.82) is 0 Å². The highest BCUT2D eigenvalue weighted by molar-refractivity contribution is 5.01. The highest BCUT2D eigenvalue weighted by atomic mass is 16.3. The van der Waals surface area contributed by atoms with E-state index in [1.54, 1.807) is 5.57 Å². The zero-order valence-electron chi connectivity index (χ0n) is 35.9. The molecule has 0 aromatic rings. The third kappa shape index (κ3) is 51.8. The Morgan fingerprint density at radius 3 is 1.16 bits per heavy atom. The molecule has 1 atom stereocenters. The maximum atomic E-state index is 9.01. The predicted octanol–water partition coefficient (Wildman–Crippen LogP) is 16.8. The maximum absolute atomic E-state index is 9.01. The molecule has 0 aromatic heterocycles. The van der Waals surface area contributed by atoms with E-state index in [0.717, 1.165) is 18.8 Å². The molecule has 2 nitrogen and oxygen atoms in total. The van der Waals surface area contributed by atoms with Gasteiger partial charge >= 0.3 is 0 Å². The van der Waals surface area contributed by atoms with E-state index in [-0.39, 0.29) is 6.61 Å². The minimum Gasteiger partial charge on any atom is -0.396 e. The fourth-order valence-corrected chi connectivity index (χ4v) is 6.74. The molecule has 50 heavy (non-hydrogen) atoms. The lowest BCUT2D eigenvalue weighted by molar-refractivity contribution is 0.302. The molecule has 0 aromatic carbocycles. The quantitative estimate of drug-likeness (QED) is 0.0499. The Morgan fingerprint density at radius 1 is 0.380 bits per heavy atom. The summed E-state index contributed by atoms with van der Waals surface area (Å²) in [5.41, 5.74) is 1.61. The molecule has 1 unspecified atom stereocenters. The predicted molar refractivity (Wildman–Crippen MR) is 231 cm³/mol. The molecule has 0 aliphatic carbocycles. The van der Waals surface area contributed by atoms with Gasteiger partial charge in [-0.3, -0.25) is 0 Å². The molecular weight excluding hydrogens is 609 g/mol. The molecule has 2 heteroatoms. The van der Waals surface area contributed by atoms with Gasteiger partial charge in [0.05, 0.1) is 0 Å². The van der Waals surface area contributed by atoms with Crippen LogP contribution in [0.2, 0.25) is 0 Å².